The maximum absolute atomic E-state index is 10.8. The van der Waals surface area contributed by atoms with Crippen molar-refractivity contribution in [2.75, 3.05) is 31.1 Å². The highest BCUT2D eigenvalue weighted by Gasteiger charge is 2.37. The molecule has 2 aromatic heterocycles. The van der Waals surface area contributed by atoms with E-state index in [0.717, 1.165) is 42.3 Å². The van der Waals surface area contributed by atoms with E-state index >= 15 is 0 Å². The molecule has 0 amide bonds. The fourth-order valence-electron chi connectivity index (χ4n) is 5.18. The van der Waals surface area contributed by atoms with Crippen LogP contribution in [0.15, 0.2) is 6.20 Å². The largest absolute Gasteiger partial charge is 0.390 e. The molecule has 7 heteroatoms. The maximum Gasteiger partial charge on any atom is 0.163 e. The summed E-state index contributed by atoms with van der Waals surface area (Å²) < 4.78 is 1.85. The van der Waals surface area contributed by atoms with Crippen LogP contribution in [0.2, 0.25) is 0 Å². The van der Waals surface area contributed by atoms with Crippen LogP contribution in [-0.4, -0.2) is 68.1 Å². The smallest absolute Gasteiger partial charge is 0.163 e. The monoisotopic (exact) mass is 370 g/mol. The molecule has 5 rings (SSSR count). The summed E-state index contributed by atoms with van der Waals surface area (Å²) in [5.41, 5.74) is 0.915. The Bertz CT molecular complexity index is 808. The van der Waals surface area contributed by atoms with Gasteiger partial charge in [0.25, 0.3) is 0 Å². The van der Waals surface area contributed by atoms with Crippen molar-refractivity contribution in [2.24, 2.45) is 7.05 Å². The normalized spacial score (nSPS) is 27.9. The molecule has 1 N–H and O–H groups in total. The highest BCUT2D eigenvalue weighted by molar-refractivity contribution is 5.87. The first-order valence-corrected chi connectivity index (χ1v) is 10.6. The summed E-state index contributed by atoms with van der Waals surface area (Å²) in [6.45, 7) is 3.70. The molecule has 2 atom stereocenters. The molecule has 3 aliphatic rings. The highest BCUT2D eigenvalue weighted by atomic mass is 16.3. The van der Waals surface area contributed by atoms with Crippen LogP contribution < -0.4 is 4.90 Å². The van der Waals surface area contributed by atoms with Crippen LogP contribution >= 0.6 is 0 Å². The Morgan fingerprint density at radius 2 is 1.78 bits per heavy atom. The van der Waals surface area contributed by atoms with Crippen molar-refractivity contribution in [2.45, 2.75) is 63.0 Å². The van der Waals surface area contributed by atoms with Crippen LogP contribution in [0.3, 0.4) is 0 Å². The predicted molar refractivity (Wildman–Crippen MR) is 105 cm³/mol. The number of hydrogen-bond acceptors (Lipinski definition) is 6. The lowest BCUT2D eigenvalue weighted by atomic mass is 10.1. The van der Waals surface area contributed by atoms with Gasteiger partial charge < -0.3 is 10.0 Å². The fourth-order valence-corrected chi connectivity index (χ4v) is 5.18. The van der Waals surface area contributed by atoms with E-state index in [0.29, 0.717) is 12.5 Å². The maximum atomic E-state index is 10.8. The van der Waals surface area contributed by atoms with Gasteiger partial charge in [0.15, 0.2) is 5.65 Å². The molecule has 146 valence electrons. The standard InChI is InChI=1S/C20H30N6O/c1-24-19-15(11-21-24)20(23-18(22-19)14-7-3-4-8-14)26-12-16(17(27)13-26)25-9-5-2-6-10-25/h11,14,16-17,27H,2-10,12-13H2,1H3/t16-,17-/m0/s1. The van der Waals surface area contributed by atoms with Gasteiger partial charge >= 0.3 is 0 Å². The Kier molecular flexibility index (Phi) is 4.52. The van der Waals surface area contributed by atoms with Crippen LogP contribution in [0.5, 0.6) is 0 Å². The molecule has 2 saturated heterocycles. The van der Waals surface area contributed by atoms with Gasteiger partial charge in [-0.3, -0.25) is 9.58 Å². The molecule has 3 fully saturated rings. The number of anilines is 1. The molecule has 4 heterocycles. The van der Waals surface area contributed by atoms with Gasteiger partial charge in [-0.1, -0.05) is 19.3 Å². The Morgan fingerprint density at radius 3 is 2.56 bits per heavy atom. The molecule has 2 aliphatic heterocycles. The van der Waals surface area contributed by atoms with Gasteiger partial charge in [0, 0.05) is 26.1 Å². The molecule has 0 radical (unpaired) electrons. The molecule has 0 aromatic carbocycles. The predicted octanol–water partition coefficient (Wildman–Crippen LogP) is 2.06. The summed E-state index contributed by atoms with van der Waals surface area (Å²) in [6.07, 6.45) is 10.3. The Hall–Kier alpha value is -1.73. The topological polar surface area (TPSA) is 70.3 Å². The Labute approximate surface area is 160 Å². The van der Waals surface area contributed by atoms with Crippen LogP contribution in [-0.2, 0) is 7.05 Å². The minimum Gasteiger partial charge on any atom is -0.390 e. The molecule has 0 spiro atoms. The summed E-state index contributed by atoms with van der Waals surface area (Å²) in [5, 5.41) is 16.2. The zero-order valence-corrected chi connectivity index (χ0v) is 16.2. The summed E-state index contributed by atoms with van der Waals surface area (Å²) in [5.74, 6) is 2.40. The van der Waals surface area contributed by atoms with Crippen molar-refractivity contribution >= 4 is 16.9 Å². The lowest BCUT2D eigenvalue weighted by Crippen LogP contribution is -2.45. The molecule has 27 heavy (non-hydrogen) atoms. The van der Waals surface area contributed by atoms with Gasteiger partial charge in [0.1, 0.15) is 11.6 Å². The van der Waals surface area contributed by atoms with Crippen LogP contribution in [0.1, 0.15) is 56.7 Å². The number of fused-ring (bicyclic) bond motifs is 1. The second-order valence-electron chi connectivity index (χ2n) is 8.53. The second kappa shape index (κ2) is 7.02. The zero-order chi connectivity index (χ0) is 18.4. The number of aryl methyl sites for hydroxylation is 1. The Morgan fingerprint density at radius 1 is 1.00 bits per heavy atom. The van der Waals surface area contributed by atoms with E-state index in [2.05, 4.69) is 14.9 Å². The molecule has 2 aromatic rings. The lowest BCUT2D eigenvalue weighted by molar-refractivity contribution is 0.0706. The molecule has 1 aliphatic carbocycles. The summed E-state index contributed by atoms with van der Waals surface area (Å²) >= 11 is 0. The Balaban J connectivity index is 1.48. The van der Waals surface area contributed by atoms with Gasteiger partial charge in [0.05, 0.1) is 23.7 Å². The van der Waals surface area contributed by atoms with E-state index in [-0.39, 0.29) is 12.1 Å². The van der Waals surface area contributed by atoms with Gasteiger partial charge in [0.2, 0.25) is 0 Å². The first kappa shape index (κ1) is 17.4. The first-order chi connectivity index (χ1) is 13.2. The number of piperidine rings is 1. The third-order valence-corrected chi connectivity index (χ3v) is 6.73. The molecular formula is C20H30N6O. The number of hydrogen-bond donors (Lipinski definition) is 1. The minimum atomic E-state index is -0.320. The van der Waals surface area contributed by atoms with Crippen molar-refractivity contribution in [1.82, 2.24) is 24.6 Å². The number of rotatable bonds is 3. The van der Waals surface area contributed by atoms with E-state index in [1.165, 1.54) is 44.9 Å². The van der Waals surface area contributed by atoms with Gasteiger partial charge in [-0.25, -0.2) is 9.97 Å². The molecule has 0 unspecified atom stereocenters. The van der Waals surface area contributed by atoms with Crippen LogP contribution in [0.4, 0.5) is 5.82 Å². The third-order valence-electron chi connectivity index (χ3n) is 6.73. The summed E-state index contributed by atoms with van der Waals surface area (Å²) in [6, 6.07) is 0.210. The number of aromatic nitrogens is 4. The highest BCUT2D eigenvalue weighted by Crippen LogP contribution is 2.36. The molecule has 7 nitrogen and oxygen atoms in total. The summed E-state index contributed by atoms with van der Waals surface area (Å²) in [7, 11) is 1.95. The van der Waals surface area contributed by atoms with Crippen molar-refractivity contribution < 1.29 is 5.11 Å². The zero-order valence-electron chi connectivity index (χ0n) is 16.2. The number of likely N-dealkylation sites (tertiary alicyclic amines) is 1. The first-order valence-electron chi connectivity index (χ1n) is 10.6. The van der Waals surface area contributed by atoms with Crippen molar-refractivity contribution in [3.63, 3.8) is 0 Å². The average Bonchev–Trinajstić information content (AvgIpc) is 3.43. The van der Waals surface area contributed by atoms with Crippen molar-refractivity contribution in [1.29, 1.82) is 0 Å². The molecular weight excluding hydrogens is 340 g/mol. The van der Waals surface area contributed by atoms with Gasteiger partial charge in [-0.05, 0) is 38.8 Å². The molecule has 1 saturated carbocycles. The van der Waals surface area contributed by atoms with E-state index in [1.807, 2.05) is 17.9 Å². The van der Waals surface area contributed by atoms with E-state index in [1.54, 1.807) is 0 Å². The van der Waals surface area contributed by atoms with E-state index < -0.39 is 0 Å². The number of β-amino-alcohol motifs (C(OH)–C–C–N with tert-alkyl or cyclic N) is 1. The van der Waals surface area contributed by atoms with E-state index in [9.17, 15) is 5.11 Å². The number of aliphatic hydroxyl groups excluding tert-OH is 1. The lowest BCUT2D eigenvalue weighted by Gasteiger charge is -2.33. The summed E-state index contributed by atoms with van der Waals surface area (Å²) in [4.78, 5) is 14.6. The van der Waals surface area contributed by atoms with Crippen LogP contribution in [0.25, 0.3) is 11.0 Å². The molecule has 0 bridgehead atoms. The third kappa shape index (κ3) is 3.10. The fraction of sp³-hybridized carbons (Fsp3) is 0.750. The van der Waals surface area contributed by atoms with Crippen molar-refractivity contribution in [3.05, 3.63) is 12.0 Å². The second-order valence-corrected chi connectivity index (χ2v) is 8.53. The van der Waals surface area contributed by atoms with E-state index in [4.69, 9.17) is 9.97 Å². The van der Waals surface area contributed by atoms with Gasteiger partial charge in [-0.2, -0.15) is 5.10 Å². The minimum absolute atomic E-state index is 0.210. The van der Waals surface area contributed by atoms with Crippen molar-refractivity contribution in [3.8, 4) is 0 Å². The van der Waals surface area contributed by atoms with Gasteiger partial charge in [-0.15, -0.1) is 0 Å². The quantitative estimate of drug-likeness (QED) is 0.892. The number of nitrogens with zero attached hydrogens (tertiary/aromatic N) is 6. The van der Waals surface area contributed by atoms with Crippen LogP contribution in [0, 0.1) is 0 Å². The average molecular weight is 371 g/mol. The SMILES string of the molecule is Cn1ncc2c(N3C[C@H](O)[C@@H](N4CCCCC4)C3)nc(C3CCCC3)nc21. The number of aliphatic hydroxyl groups is 1.